The number of hydrogen-bond donors (Lipinski definition) is 1. The lowest BCUT2D eigenvalue weighted by Crippen LogP contribution is -2.14. The van der Waals surface area contributed by atoms with Gasteiger partial charge in [-0.25, -0.2) is 0 Å². The van der Waals surface area contributed by atoms with E-state index in [2.05, 4.69) is 0 Å². The number of hydrogen-bond acceptors (Lipinski definition) is 3. The fourth-order valence-electron chi connectivity index (χ4n) is 0.541. The fraction of sp³-hybridized carbons (Fsp3) is 0.500. The molecule has 0 aromatic carbocycles. The summed E-state index contributed by atoms with van der Waals surface area (Å²) in [6, 6.07) is 1.98. The van der Waals surface area contributed by atoms with E-state index in [4.69, 9.17) is 11.0 Å². The molecule has 0 amide bonds. The number of allylic oxidation sites excluding steroid dienone is 2. The minimum Gasteiger partial charge on any atom is -0.400 e. The minimum atomic E-state index is 0.523. The van der Waals surface area contributed by atoms with E-state index in [-0.39, 0.29) is 0 Å². The Hall–Kier alpha value is -1.17. The van der Waals surface area contributed by atoms with Crippen molar-refractivity contribution in [2.75, 3.05) is 14.1 Å². The lowest BCUT2D eigenvalue weighted by molar-refractivity contribution is 0.526. The first-order valence-corrected chi connectivity index (χ1v) is 2.63. The van der Waals surface area contributed by atoms with Crippen LogP contribution in [0.4, 0.5) is 0 Å². The van der Waals surface area contributed by atoms with Crippen LogP contribution in [0.3, 0.4) is 0 Å². The highest BCUT2D eigenvalue weighted by Crippen LogP contribution is 1.98. The summed E-state index contributed by atoms with van der Waals surface area (Å²) in [5, 5.41) is 8.44. The molecule has 0 aliphatic heterocycles. The van der Waals surface area contributed by atoms with Crippen LogP contribution in [-0.2, 0) is 0 Å². The van der Waals surface area contributed by atoms with Gasteiger partial charge in [-0.1, -0.05) is 0 Å². The quantitative estimate of drug-likeness (QED) is 0.511. The highest BCUT2D eigenvalue weighted by atomic mass is 15.1. The molecule has 2 N–H and O–H groups in total. The molecule has 0 aliphatic carbocycles. The first-order valence-electron chi connectivity index (χ1n) is 2.63. The third kappa shape index (κ3) is 2.04. The van der Waals surface area contributed by atoms with Crippen molar-refractivity contribution in [3.63, 3.8) is 0 Å². The van der Waals surface area contributed by atoms with Gasteiger partial charge >= 0.3 is 0 Å². The van der Waals surface area contributed by atoms with Gasteiger partial charge < -0.3 is 10.6 Å². The Kier molecular flexibility index (Phi) is 2.59. The molecule has 9 heavy (non-hydrogen) atoms. The van der Waals surface area contributed by atoms with Crippen molar-refractivity contribution in [3.05, 3.63) is 11.4 Å². The highest BCUT2D eigenvalue weighted by Gasteiger charge is 1.98. The second-order valence-corrected chi connectivity index (χ2v) is 2.04. The number of nitrogens with zero attached hydrogens (tertiary/aromatic N) is 2. The Bertz CT molecular complexity index is 158. The Morgan fingerprint density at radius 2 is 2.00 bits per heavy atom. The first kappa shape index (κ1) is 7.83. The van der Waals surface area contributed by atoms with Crippen LogP contribution in [0.15, 0.2) is 11.4 Å². The summed E-state index contributed by atoms with van der Waals surface area (Å²) >= 11 is 0. The maximum Gasteiger partial charge on any atom is 0.134 e. The average molecular weight is 125 g/mol. The molecule has 3 heteroatoms. The van der Waals surface area contributed by atoms with E-state index in [1.807, 2.05) is 6.07 Å². The van der Waals surface area contributed by atoms with Crippen molar-refractivity contribution in [2.45, 2.75) is 6.92 Å². The van der Waals surface area contributed by atoms with E-state index in [9.17, 15) is 0 Å². The van der Waals surface area contributed by atoms with Gasteiger partial charge in [0.1, 0.15) is 11.8 Å². The van der Waals surface area contributed by atoms with Crippen LogP contribution in [0, 0.1) is 11.3 Å². The zero-order valence-corrected chi connectivity index (χ0v) is 5.97. The predicted molar refractivity (Wildman–Crippen MR) is 36.2 cm³/mol. The molecule has 0 spiro atoms. The van der Waals surface area contributed by atoms with Gasteiger partial charge in [0.25, 0.3) is 0 Å². The molecule has 0 bridgehead atoms. The van der Waals surface area contributed by atoms with Gasteiger partial charge in [-0.15, -0.1) is 0 Å². The summed E-state index contributed by atoms with van der Waals surface area (Å²) in [5.41, 5.74) is 6.44. The summed E-state index contributed by atoms with van der Waals surface area (Å²) in [5.74, 6) is 0. The largest absolute Gasteiger partial charge is 0.400 e. The topological polar surface area (TPSA) is 53.1 Å². The van der Waals surface area contributed by atoms with E-state index in [0.29, 0.717) is 11.4 Å². The number of nitriles is 1. The van der Waals surface area contributed by atoms with E-state index in [0.717, 1.165) is 0 Å². The lowest BCUT2D eigenvalue weighted by Gasteiger charge is -2.10. The Labute approximate surface area is 55.4 Å². The molecule has 0 unspecified atom stereocenters. The van der Waals surface area contributed by atoms with Crippen molar-refractivity contribution in [3.8, 4) is 6.07 Å². The van der Waals surface area contributed by atoms with E-state index >= 15 is 0 Å². The summed E-state index contributed by atoms with van der Waals surface area (Å²) in [7, 11) is 3.57. The standard InChI is InChI=1S/C6H11N3/c1-5(8)6(4-7)9(2)3/h8H2,1-3H3/b6-5+. The van der Waals surface area contributed by atoms with Gasteiger partial charge in [0.15, 0.2) is 0 Å². The summed E-state index contributed by atoms with van der Waals surface area (Å²) in [6.45, 7) is 1.71. The normalized spacial score (nSPS) is 11.8. The van der Waals surface area contributed by atoms with E-state index in [1.54, 1.807) is 25.9 Å². The van der Waals surface area contributed by atoms with Crippen LogP contribution >= 0.6 is 0 Å². The highest BCUT2D eigenvalue weighted by molar-refractivity contribution is 5.22. The van der Waals surface area contributed by atoms with Crippen LogP contribution in [0.25, 0.3) is 0 Å². The molecular formula is C6H11N3. The predicted octanol–water partition coefficient (Wildman–Crippen LogP) is 0.262. The fourth-order valence-corrected chi connectivity index (χ4v) is 0.541. The minimum absolute atomic E-state index is 0.523. The molecular weight excluding hydrogens is 114 g/mol. The van der Waals surface area contributed by atoms with Gasteiger partial charge in [-0.3, -0.25) is 0 Å². The van der Waals surface area contributed by atoms with Crippen LogP contribution in [0.2, 0.25) is 0 Å². The van der Waals surface area contributed by atoms with Gasteiger partial charge in [-0.2, -0.15) is 5.26 Å². The van der Waals surface area contributed by atoms with Crippen LogP contribution < -0.4 is 5.73 Å². The average Bonchev–Trinajstić information content (AvgIpc) is 1.64. The molecule has 0 heterocycles. The van der Waals surface area contributed by atoms with Crippen molar-refractivity contribution in [1.82, 2.24) is 4.90 Å². The molecule has 0 aliphatic rings. The third-order valence-corrected chi connectivity index (χ3v) is 0.927. The van der Waals surface area contributed by atoms with Crippen molar-refractivity contribution < 1.29 is 0 Å². The number of rotatable bonds is 1. The molecule has 0 saturated carbocycles. The SMILES string of the molecule is C/C(N)=C(/C#N)N(C)C. The van der Waals surface area contributed by atoms with E-state index < -0.39 is 0 Å². The molecule has 0 aromatic heterocycles. The molecule has 0 saturated heterocycles. The molecule has 0 aromatic rings. The number of nitrogens with two attached hydrogens (primary N) is 1. The van der Waals surface area contributed by atoms with Gasteiger partial charge in [0.2, 0.25) is 0 Å². The molecule has 3 nitrogen and oxygen atoms in total. The zero-order valence-electron chi connectivity index (χ0n) is 5.97. The first-order chi connectivity index (χ1) is 4.09. The van der Waals surface area contributed by atoms with Crippen LogP contribution in [0.1, 0.15) is 6.92 Å². The van der Waals surface area contributed by atoms with Gasteiger partial charge in [0, 0.05) is 19.8 Å². The summed E-state index contributed by atoms with van der Waals surface area (Å²) < 4.78 is 0. The Morgan fingerprint density at radius 3 is 2.00 bits per heavy atom. The maximum atomic E-state index is 8.44. The van der Waals surface area contributed by atoms with Crippen LogP contribution in [-0.4, -0.2) is 19.0 Å². The summed E-state index contributed by atoms with van der Waals surface area (Å²) in [4.78, 5) is 1.69. The van der Waals surface area contributed by atoms with Crippen molar-refractivity contribution in [2.24, 2.45) is 5.73 Å². The van der Waals surface area contributed by atoms with Crippen molar-refractivity contribution in [1.29, 1.82) is 5.26 Å². The molecule has 50 valence electrons. The third-order valence-electron chi connectivity index (χ3n) is 0.927. The Morgan fingerprint density at radius 1 is 1.56 bits per heavy atom. The molecule has 0 radical (unpaired) electrons. The maximum absolute atomic E-state index is 8.44. The molecule has 0 atom stereocenters. The van der Waals surface area contributed by atoms with Gasteiger partial charge in [-0.05, 0) is 6.92 Å². The van der Waals surface area contributed by atoms with E-state index in [1.165, 1.54) is 0 Å². The monoisotopic (exact) mass is 125 g/mol. The lowest BCUT2D eigenvalue weighted by atomic mass is 10.3. The zero-order chi connectivity index (χ0) is 7.44. The van der Waals surface area contributed by atoms with Crippen LogP contribution in [0.5, 0.6) is 0 Å². The second-order valence-electron chi connectivity index (χ2n) is 2.04. The summed E-state index contributed by atoms with van der Waals surface area (Å²) in [6.07, 6.45) is 0. The van der Waals surface area contributed by atoms with Gasteiger partial charge in [0.05, 0.1) is 0 Å². The van der Waals surface area contributed by atoms with Crippen molar-refractivity contribution >= 4 is 0 Å². The second kappa shape index (κ2) is 2.98. The molecule has 0 rings (SSSR count). The Balaban J connectivity index is 4.41. The molecule has 0 fully saturated rings. The smallest absolute Gasteiger partial charge is 0.134 e.